The maximum atomic E-state index is 12.9. The second kappa shape index (κ2) is 22.2. The molecule has 398 valence electrons. The Kier molecular flexibility index (Phi) is 16.8. The molecule has 2 amide bonds. The number of carbonyl (C=O) groups is 3. The highest BCUT2D eigenvalue weighted by molar-refractivity contribution is 7.99. The monoisotopic (exact) mass is 1070 g/mol. The summed E-state index contributed by atoms with van der Waals surface area (Å²) < 4.78 is 70.2. The Hall–Kier alpha value is -1.86. The Labute approximate surface area is 402 Å². The Morgan fingerprint density at radius 2 is 1.30 bits per heavy atom. The summed E-state index contributed by atoms with van der Waals surface area (Å²) in [5, 5.41) is 49.9. The van der Waals surface area contributed by atoms with E-state index >= 15 is 0 Å². The number of ether oxygens (including phenoxy) is 4. The van der Waals surface area contributed by atoms with Gasteiger partial charge in [-0.05, 0) is 72.5 Å². The third kappa shape index (κ3) is 10.9. The molecule has 9 saturated heterocycles. The van der Waals surface area contributed by atoms with E-state index in [2.05, 4.69) is 43.8 Å². The van der Waals surface area contributed by atoms with Gasteiger partial charge >= 0.3 is 15.6 Å². The molecule has 12 N–H and O–H groups in total. The fraction of sp³-hybridized carbons (Fsp3) is 0.893. The zero-order valence-corrected chi connectivity index (χ0v) is 40.6. The third-order valence-corrected chi connectivity index (χ3v) is 14.5. The van der Waals surface area contributed by atoms with Crippen molar-refractivity contribution in [3.05, 3.63) is 0 Å². The van der Waals surface area contributed by atoms with Gasteiger partial charge in [0.1, 0.15) is 62.6 Å². The smallest absolute Gasteiger partial charge is 0.388 e. The van der Waals surface area contributed by atoms with Crippen LogP contribution in [-0.4, -0.2) is 231 Å². The minimum atomic E-state index is -4.86. The number of Topliss-reactive ketones (excluding diaryl/α,β-unsaturated/α-hetero) is 1. The molecule has 2 bridgehead atoms. The van der Waals surface area contributed by atoms with E-state index in [0.29, 0.717) is 5.75 Å². The lowest BCUT2D eigenvalue weighted by Crippen LogP contribution is -3.14. The first-order chi connectivity index (χ1) is 33.4. The summed E-state index contributed by atoms with van der Waals surface area (Å²) in [7, 11) is -5.84. The maximum absolute atomic E-state index is 12.9. The number of hydrogen-bond donors (Lipinski definition) is 12. The van der Waals surface area contributed by atoms with E-state index in [0.717, 1.165) is 0 Å². The molecule has 10 atom stereocenters. The summed E-state index contributed by atoms with van der Waals surface area (Å²) in [4.78, 5) is 57.9. The molecule has 9 heterocycles. The topological polar surface area (TPSA) is 382 Å². The predicted octanol–water partition coefficient (Wildman–Crippen LogP) is -7.72. The normalized spacial score (nSPS) is 40.7. The summed E-state index contributed by atoms with van der Waals surface area (Å²) in [6, 6.07) is 0. The van der Waals surface area contributed by atoms with Crippen LogP contribution in [0.3, 0.4) is 0 Å². The summed E-state index contributed by atoms with van der Waals surface area (Å²) in [6.45, 7) is 0.400. The van der Waals surface area contributed by atoms with E-state index in [9.17, 15) is 43.5 Å². The van der Waals surface area contributed by atoms with Crippen LogP contribution in [0, 0.1) is 0 Å². The molecule has 42 heteroatoms. The van der Waals surface area contributed by atoms with E-state index in [1.807, 2.05) is 24.3 Å². The number of aliphatic hydroxyl groups is 2. The Bertz CT molecular complexity index is 1990. The van der Waals surface area contributed by atoms with Gasteiger partial charge in [-0.1, -0.05) is 10.2 Å². The molecule has 0 radical (unpaired) electrons. The lowest BCUT2D eigenvalue weighted by atomic mass is 10.1. The Morgan fingerprint density at radius 1 is 0.657 bits per heavy atom. The van der Waals surface area contributed by atoms with Crippen LogP contribution < -0.4 is 43.8 Å². The molecule has 9 aliphatic rings. The number of thioether (sulfide) groups is 1. The average Bonchev–Trinajstić information content (AvgIpc) is 3.72. The molecule has 9 aliphatic heterocycles. The fourth-order valence-electron chi connectivity index (χ4n) is 7.83. The van der Waals surface area contributed by atoms with E-state index in [1.165, 1.54) is 49.8 Å². The quantitative estimate of drug-likeness (QED) is 0.100. The fourth-order valence-corrected chi connectivity index (χ4v) is 10.3. The van der Waals surface area contributed by atoms with Crippen LogP contribution in [0.15, 0.2) is 0 Å². The van der Waals surface area contributed by atoms with Gasteiger partial charge in [-0.15, -0.1) is 32.4 Å². The molecular formula is C28H58N22O17P2S. The molecule has 0 saturated carbocycles. The lowest BCUT2D eigenvalue weighted by Gasteiger charge is -2.84. The van der Waals surface area contributed by atoms with Crippen LogP contribution >= 0.6 is 27.4 Å². The standard InChI is InChI=1S/C28H58N22O17P2S/c1-18-25(54)28-22(65-18)13-63-68(56,57)62-10-9-29-24(53)8-11-70-14-20(51)6-5-7-23(52)30-15-64-69(58,59)67-27-19(2)66-21(26(27)55)12-60-16-39-40(17-61-28)41-33-31-32-34-43-44(36-35-42(39)41)48-47(43)49-45-37(3)38(4)46(45)50(48)49/h18-19,21-22,25-28,31-36,54-55H,5-17H2,1-4H3,(H,29,53)(H,30,52)(H,56,57)(H,58,59)/t18?,19-,21?,22?,25?,26?,27-,28?/m0/s1. The number of nitrogens with one attached hydrogen (secondary N) is 8. The number of rotatable bonds is 0. The molecule has 0 spiro atoms. The maximum Gasteiger partial charge on any atom is 0.474 e. The molecular weight excluding hydrogens is 1010 g/mol. The van der Waals surface area contributed by atoms with Crippen LogP contribution in [0.25, 0.3) is 0 Å². The van der Waals surface area contributed by atoms with Crippen molar-refractivity contribution < 1.29 is 80.6 Å². The van der Waals surface area contributed by atoms with Gasteiger partial charge in [-0.3, -0.25) is 32.5 Å². The van der Waals surface area contributed by atoms with Crippen molar-refractivity contribution in [1.82, 2.24) is 117 Å². The number of phosphoric ester groups is 2. The first-order valence-corrected chi connectivity index (χ1v) is 25.9. The summed E-state index contributed by atoms with van der Waals surface area (Å²) in [6.07, 6.45) is -8.83. The molecule has 9 rings (SSSR count). The highest BCUT2D eigenvalue weighted by Crippen LogP contribution is 2.50. The van der Waals surface area contributed by atoms with Gasteiger partial charge in [0.15, 0.2) is 0 Å². The van der Waals surface area contributed by atoms with Gasteiger partial charge in [0.25, 0.3) is 0 Å². The first-order valence-electron chi connectivity index (χ1n) is 21.8. The molecule has 0 aliphatic carbocycles. The van der Waals surface area contributed by atoms with E-state index in [-0.39, 0.29) is 76.3 Å². The average molecular weight is 1070 g/mol. The van der Waals surface area contributed by atoms with Gasteiger partial charge in [0.2, 0.25) is 11.8 Å². The lowest BCUT2D eigenvalue weighted by molar-refractivity contribution is -0.953. The molecule has 0 aromatic rings. The van der Waals surface area contributed by atoms with Crippen molar-refractivity contribution in [3.8, 4) is 0 Å². The summed E-state index contributed by atoms with van der Waals surface area (Å²) in [5.74, 6) is -0.688. The first kappa shape index (κ1) is 53.0. The van der Waals surface area contributed by atoms with Crippen molar-refractivity contribution in [2.75, 3.05) is 72.2 Å². The van der Waals surface area contributed by atoms with Crippen LogP contribution in [0.1, 0.15) is 39.5 Å². The van der Waals surface area contributed by atoms with Gasteiger partial charge in [0, 0.05) is 45.7 Å². The van der Waals surface area contributed by atoms with E-state index in [4.69, 9.17) is 37.0 Å². The SMILES string of the molecule is CC1OC2COP(=O)(O)OCCNC(=O)CCSCC(=O)CCCC(=O)NCOP(=O)(O)O[C@@H]3C(O)C(COCN4N(COC2C1O)N1NNNNN2N(NNN41)N1N2N2N4N(C)N(C)N4N12)O[C@H]3C. The van der Waals surface area contributed by atoms with Crippen molar-refractivity contribution in [2.24, 2.45) is 0 Å². The molecule has 39 nitrogen and oxygen atoms in total. The summed E-state index contributed by atoms with van der Waals surface area (Å²) >= 11 is 1.22. The number of phosphoric acid groups is 2. The second-order valence-electron chi connectivity index (χ2n) is 16.2. The molecule has 0 aromatic heterocycles. The Balaban J connectivity index is 0.859. The van der Waals surface area contributed by atoms with E-state index < -0.39 is 83.7 Å². The number of hydrazine groups is 25. The highest BCUT2D eigenvalue weighted by Gasteiger charge is 2.80. The van der Waals surface area contributed by atoms with Crippen LogP contribution in [0.4, 0.5) is 0 Å². The van der Waals surface area contributed by atoms with Crippen molar-refractivity contribution >= 4 is 45.0 Å². The number of carbonyl (C=O) groups excluding carboxylic acids is 3. The zero-order chi connectivity index (χ0) is 49.6. The van der Waals surface area contributed by atoms with Gasteiger partial charge in [-0.25, -0.2) is 9.13 Å². The molecule has 9 fully saturated rings. The minimum absolute atomic E-state index is 0.0482. The highest BCUT2D eigenvalue weighted by atomic mass is 32.2. The number of fused-ring (bicyclic) bond motifs is 17. The number of hydrogen-bond acceptors (Lipinski definition) is 36. The Morgan fingerprint density at radius 3 is 2.04 bits per heavy atom. The number of amides is 2. The minimum Gasteiger partial charge on any atom is -0.388 e. The van der Waals surface area contributed by atoms with Gasteiger partial charge in [-0.2, -0.15) is 22.8 Å². The predicted molar refractivity (Wildman–Crippen MR) is 222 cm³/mol. The van der Waals surface area contributed by atoms with Crippen LogP contribution in [0.2, 0.25) is 0 Å². The van der Waals surface area contributed by atoms with Crippen molar-refractivity contribution in [3.63, 3.8) is 0 Å². The number of aliphatic hydroxyl groups excluding tert-OH is 2. The number of nitrogens with zero attached hydrogens (tertiary/aromatic N) is 14. The van der Waals surface area contributed by atoms with Crippen molar-refractivity contribution in [2.45, 2.75) is 88.4 Å². The third-order valence-electron chi connectivity index (χ3n) is 11.5. The molecule has 0 aromatic carbocycles. The van der Waals surface area contributed by atoms with E-state index in [1.54, 1.807) is 38.3 Å². The second-order valence-corrected chi connectivity index (χ2v) is 20.2. The van der Waals surface area contributed by atoms with Crippen LogP contribution in [0.5, 0.6) is 0 Å². The molecule has 70 heavy (non-hydrogen) atoms. The van der Waals surface area contributed by atoms with Crippen molar-refractivity contribution in [1.29, 1.82) is 0 Å². The van der Waals surface area contributed by atoms with Gasteiger partial charge < -0.3 is 49.6 Å². The zero-order valence-electron chi connectivity index (χ0n) is 38.0. The summed E-state index contributed by atoms with van der Waals surface area (Å²) in [5.41, 5.74) is 17.4. The number of ketones is 1. The van der Waals surface area contributed by atoms with Gasteiger partial charge in [0.05, 0.1) is 37.8 Å². The largest absolute Gasteiger partial charge is 0.474 e. The van der Waals surface area contributed by atoms with Crippen LogP contribution in [-0.2, 0) is 60.6 Å². The molecule has 8 unspecified atom stereocenters.